The van der Waals surface area contributed by atoms with E-state index in [1.165, 1.54) is 35.1 Å². The van der Waals surface area contributed by atoms with E-state index < -0.39 is 0 Å². The van der Waals surface area contributed by atoms with Gasteiger partial charge in [0.15, 0.2) is 0 Å². The summed E-state index contributed by atoms with van der Waals surface area (Å²) in [6, 6.07) is 7.25. The quantitative estimate of drug-likeness (QED) is 0.737. The predicted molar refractivity (Wildman–Crippen MR) is 64.9 cm³/mol. The molecule has 1 aliphatic rings. The molecule has 1 aromatic carbocycles. The maximum Gasteiger partial charge on any atom is 0.0399 e. The van der Waals surface area contributed by atoms with Crippen LogP contribution in [0.5, 0.6) is 0 Å². The summed E-state index contributed by atoms with van der Waals surface area (Å²) in [4.78, 5) is 2.52. The monoisotopic (exact) mass is 253 g/mol. The van der Waals surface area contributed by atoms with Crippen LogP contribution in [0, 0.1) is 6.92 Å². The molecule has 0 amide bonds. The van der Waals surface area contributed by atoms with E-state index in [1.54, 1.807) is 0 Å². The molecule has 1 aromatic rings. The van der Waals surface area contributed by atoms with Crippen molar-refractivity contribution in [2.45, 2.75) is 32.7 Å². The Morgan fingerprint density at radius 1 is 1.43 bits per heavy atom. The van der Waals surface area contributed by atoms with Crippen molar-refractivity contribution in [3.8, 4) is 0 Å². The van der Waals surface area contributed by atoms with Gasteiger partial charge < -0.3 is 4.90 Å². The number of anilines is 1. The molecule has 1 aliphatic heterocycles. The smallest absolute Gasteiger partial charge is 0.0399 e. The van der Waals surface area contributed by atoms with Gasteiger partial charge in [-0.3, -0.25) is 0 Å². The third kappa shape index (κ3) is 1.81. The number of nitrogens with zero attached hydrogens (tertiary/aromatic N) is 1. The SMILES string of the molecule is Cc1cc(Br)ccc1N1CCCC1C. The Kier molecular flexibility index (Phi) is 2.82. The first kappa shape index (κ1) is 10.0. The van der Waals surface area contributed by atoms with Gasteiger partial charge in [-0.05, 0) is 50.5 Å². The van der Waals surface area contributed by atoms with Gasteiger partial charge in [0.05, 0.1) is 0 Å². The average molecular weight is 254 g/mol. The molecule has 1 nitrogen and oxygen atoms in total. The fourth-order valence-corrected chi connectivity index (χ4v) is 2.71. The summed E-state index contributed by atoms with van der Waals surface area (Å²) in [5.74, 6) is 0. The van der Waals surface area contributed by atoms with E-state index in [4.69, 9.17) is 0 Å². The topological polar surface area (TPSA) is 3.24 Å². The number of hydrogen-bond acceptors (Lipinski definition) is 1. The highest BCUT2D eigenvalue weighted by atomic mass is 79.9. The minimum Gasteiger partial charge on any atom is -0.369 e. The van der Waals surface area contributed by atoms with Crippen LogP contribution in [0.3, 0.4) is 0 Å². The van der Waals surface area contributed by atoms with Crippen LogP contribution in [-0.2, 0) is 0 Å². The second-order valence-corrected chi connectivity index (χ2v) is 5.03. The molecular formula is C12H16BrN. The highest BCUT2D eigenvalue weighted by Crippen LogP contribution is 2.29. The molecule has 0 bridgehead atoms. The highest BCUT2D eigenvalue weighted by molar-refractivity contribution is 9.10. The van der Waals surface area contributed by atoms with Crippen molar-refractivity contribution < 1.29 is 0 Å². The first-order valence-corrected chi connectivity index (χ1v) is 6.00. The van der Waals surface area contributed by atoms with E-state index in [-0.39, 0.29) is 0 Å². The molecule has 1 atom stereocenters. The lowest BCUT2D eigenvalue weighted by molar-refractivity contribution is 0.733. The van der Waals surface area contributed by atoms with Crippen LogP contribution in [0.25, 0.3) is 0 Å². The van der Waals surface area contributed by atoms with E-state index in [0.29, 0.717) is 6.04 Å². The molecule has 0 radical (unpaired) electrons. The van der Waals surface area contributed by atoms with Crippen LogP contribution in [0.4, 0.5) is 5.69 Å². The zero-order valence-electron chi connectivity index (χ0n) is 8.76. The molecule has 2 heteroatoms. The molecule has 1 heterocycles. The van der Waals surface area contributed by atoms with Crippen LogP contribution in [-0.4, -0.2) is 12.6 Å². The molecule has 0 saturated carbocycles. The Hall–Kier alpha value is -0.500. The van der Waals surface area contributed by atoms with E-state index in [9.17, 15) is 0 Å². The number of rotatable bonds is 1. The number of halogens is 1. The number of hydrogen-bond donors (Lipinski definition) is 0. The second kappa shape index (κ2) is 3.93. The van der Waals surface area contributed by atoms with Crippen molar-refractivity contribution in [2.24, 2.45) is 0 Å². The maximum absolute atomic E-state index is 3.50. The van der Waals surface area contributed by atoms with E-state index in [0.717, 1.165) is 0 Å². The van der Waals surface area contributed by atoms with Crippen LogP contribution >= 0.6 is 15.9 Å². The number of benzene rings is 1. The van der Waals surface area contributed by atoms with Crippen molar-refractivity contribution in [1.82, 2.24) is 0 Å². The first-order chi connectivity index (χ1) is 6.68. The Morgan fingerprint density at radius 3 is 2.79 bits per heavy atom. The number of aryl methyl sites for hydroxylation is 1. The lowest BCUT2D eigenvalue weighted by atomic mass is 10.1. The minimum atomic E-state index is 0.704. The fourth-order valence-electron chi connectivity index (χ4n) is 2.23. The van der Waals surface area contributed by atoms with E-state index in [2.05, 4.69) is 52.9 Å². The van der Waals surface area contributed by atoms with Gasteiger partial charge in [0.25, 0.3) is 0 Å². The standard InChI is InChI=1S/C12H16BrN/c1-9-8-11(13)5-6-12(9)14-7-3-4-10(14)2/h5-6,8,10H,3-4,7H2,1-2H3. The summed E-state index contributed by atoms with van der Waals surface area (Å²) >= 11 is 3.50. The lowest BCUT2D eigenvalue weighted by Gasteiger charge is -2.25. The van der Waals surface area contributed by atoms with Gasteiger partial charge in [-0.25, -0.2) is 0 Å². The van der Waals surface area contributed by atoms with Gasteiger partial charge in [0.2, 0.25) is 0 Å². The van der Waals surface area contributed by atoms with Gasteiger partial charge in [-0.1, -0.05) is 15.9 Å². The molecule has 0 spiro atoms. The van der Waals surface area contributed by atoms with Crippen LogP contribution in [0.15, 0.2) is 22.7 Å². The Morgan fingerprint density at radius 2 is 2.21 bits per heavy atom. The fraction of sp³-hybridized carbons (Fsp3) is 0.500. The molecule has 1 fully saturated rings. The summed E-state index contributed by atoms with van der Waals surface area (Å²) < 4.78 is 1.17. The van der Waals surface area contributed by atoms with Gasteiger partial charge in [-0.15, -0.1) is 0 Å². The molecule has 1 saturated heterocycles. The van der Waals surface area contributed by atoms with Crippen molar-refractivity contribution >= 4 is 21.6 Å². The van der Waals surface area contributed by atoms with Crippen LogP contribution in [0.1, 0.15) is 25.3 Å². The molecule has 2 rings (SSSR count). The third-order valence-electron chi connectivity index (χ3n) is 3.02. The molecule has 1 unspecified atom stereocenters. The van der Waals surface area contributed by atoms with Gasteiger partial charge in [0, 0.05) is 22.7 Å². The second-order valence-electron chi connectivity index (χ2n) is 4.12. The van der Waals surface area contributed by atoms with Gasteiger partial charge >= 0.3 is 0 Å². The van der Waals surface area contributed by atoms with Crippen LogP contribution < -0.4 is 4.90 Å². The van der Waals surface area contributed by atoms with Gasteiger partial charge in [0.1, 0.15) is 0 Å². The molecule has 14 heavy (non-hydrogen) atoms. The molecule has 0 N–H and O–H groups in total. The lowest BCUT2D eigenvalue weighted by Crippen LogP contribution is -2.26. The summed E-state index contributed by atoms with van der Waals surface area (Å²) in [5, 5.41) is 0. The highest BCUT2D eigenvalue weighted by Gasteiger charge is 2.21. The first-order valence-electron chi connectivity index (χ1n) is 5.21. The van der Waals surface area contributed by atoms with Crippen LogP contribution in [0.2, 0.25) is 0 Å². The van der Waals surface area contributed by atoms with Crippen molar-refractivity contribution in [2.75, 3.05) is 11.4 Å². The van der Waals surface area contributed by atoms with Crippen molar-refractivity contribution in [3.63, 3.8) is 0 Å². The summed E-state index contributed by atoms with van der Waals surface area (Å²) in [6.45, 7) is 5.71. The maximum atomic E-state index is 3.50. The minimum absolute atomic E-state index is 0.704. The van der Waals surface area contributed by atoms with Crippen molar-refractivity contribution in [1.29, 1.82) is 0 Å². The van der Waals surface area contributed by atoms with Gasteiger partial charge in [-0.2, -0.15) is 0 Å². The molecule has 0 aliphatic carbocycles. The van der Waals surface area contributed by atoms with E-state index >= 15 is 0 Å². The van der Waals surface area contributed by atoms with E-state index in [1.807, 2.05) is 0 Å². The molecule has 76 valence electrons. The summed E-state index contributed by atoms with van der Waals surface area (Å²) in [7, 11) is 0. The molecular weight excluding hydrogens is 238 g/mol. The summed E-state index contributed by atoms with van der Waals surface area (Å²) in [5.41, 5.74) is 2.77. The summed E-state index contributed by atoms with van der Waals surface area (Å²) in [6.07, 6.45) is 2.66. The zero-order valence-corrected chi connectivity index (χ0v) is 10.3. The Balaban J connectivity index is 2.31. The Bertz CT molecular complexity index is 335. The van der Waals surface area contributed by atoms with Crippen molar-refractivity contribution in [3.05, 3.63) is 28.2 Å². The zero-order chi connectivity index (χ0) is 10.1. The average Bonchev–Trinajstić information content (AvgIpc) is 2.52. The molecule has 0 aromatic heterocycles. The normalized spacial score (nSPS) is 21.6. The Labute approximate surface area is 94.2 Å². The third-order valence-corrected chi connectivity index (χ3v) is 3.51. The predicted octanol–water partition coefficient (Wildman–Crippen LogP) is 3.75. The largest absolute Gasteiger partial charge is 0.369 e.